The number of nitriles is 1. The first-order chi connectivity index (χ1) is 14.0. The first-order valence-corrected chi connectivity index (χ1v) is 9.30. The van der Waals surface area contributed by atoms with Gasteiger partial charge in [-0.05, 0) is 55.3 Å². The third-order valence-electron chi connectivity index (χ3n) is 4.79. The second-order valence-electron chi connectivity index (χ2n) is 6.91. The minimum Gasteiger partial charge on any atom is -0.508 e. The SMILES string of the molecule is N#Cc1cccc(NC(=O)N2CCCC(O)C(NC(=O)c3ccc(O)cc3)C2)c1. The van der Waals surface area contributed by atoms with Crippen LogP contribution in [0.4, 0.5) is 10.5 Å². The highest BCUT2D eigenvalue weighted by Gasteiger charge is 2.29. The Morgan fingerprint density at radius 2 is 1.93 bits per heavy atom. The number of anilines is 1. The number of phenolic OH excluding ortho intramolecular Hbond substituents is 1. The van der Waals surface area contributed by atoms with Crippen LogP contribution in [-0.2, 0) is 0 Å². The lowest BCUT2D eigenvalue weighted by Crippen LogP contribution is -2.50. The number of aromatic hydroxyl groups is 1. The standard InChI is InChI=1S/C21H22N4O4/c22-12-14-3-1-4-16(11-14)23-21(29)25-10-2-5-19(27)18(13-25)24-20(28)15-6-8-17(26)9-7-15/h1,3-4,6-9,11,18-19,26-27H,2,5,10,13H2,(H,23,29)(H,24,28). The van der Waals surface area contributed by atoms with Crippen molar-refractivity contribution in [3.05, 3.63) is 59.7 Å². The van der Waals surface area contributed by atoms with E-state index in [0.717, 1.165) is 0 Å². The molecule has 2 aromatic rings. The van der Waals surface area contributed by atoms with Gasteiger partial charge in [-0.25, -0.2) is 4.79 Å². The van der Waals surface area contributed by atoms with Gasteiger partial charge >= 0.3 is 6.03 Å². The van der Waals surface area contributed by atoms with E-state index in [0.29, 0.717) is 36.2 Å². The predicted molar refractivity (Wildman–Crippen MR) is 106 cm³/mol. The van der Waals surface area contributed by atoms with Crippen LogP contribution in [0.3, 0.4) is 0 Å². The third-order valence-corrected chi connectivity index (χ3v) is 4.79. The van der Waals surface area contributed by atoms with Crippen molar-refractivity contribution >= 4 is 17.6 Å². The maximum atomic E-state index is 12.7. The van der Waals surface area contributed by atoms with Gasteiger partial charge in [0, 0.05) is 24.3 Å². The Kier molecular flexibility index (Phi) is 6.32. The zero-order chi connectivity index (χ0) is 20.8. The van der Waals surface area contributed by atoms with Gasteiger partial charge in [0.15, 0.2) is 0 Å². The van der Waals surface area contributed by atoms with Crippen molar-refractivity contribution in [1.82, 2.24) is 10.2 Å². The van der Waals surface area contributed by atoms with Crippen molar-refractivity contribution in [2.75, 3.05) is 18.4 Å². The fourth-order valence-corrected chi connectivity index (χ4v) is 3.20. The minimum absolute atomic E-state index is 0.0550. The number of aliphatic hydroxyl groups is 1. The van der Waals surface area contributed by atoms with Crippen LogP contribution in [0.2, 0.25) is 0 Å². The lowest BCUT2D eigenvalue weighted by atomic mass is 10.1. The van der Waals surface area contributed by atoms with Gasteiger partial charge in [-0.2, -0.15) is 5.26 Å². The molecular weight excluding hydrogens is 372 g/mol. The Hall–Kier alpha value is -3.57. The number of carbonyl (C=O) groups is 2. The second-order valence-corrected chi connectivity index (χ2v) is 6.91. The summed E-state index contributed by atoms with van der Waals surface area (Å²) >= 11 is 0. The molecule has 1 aliphatic heterocycles. The smallest absolute Gasteiger partial charge is 0.321 e. The highest BCUT2D eigenvalue weighted by Crippen LogP contribution is 2.16. The molecule has 29 heavy (non-hydrogen) atoms. The van der Waals surface area contributed by atoms with Gasteiger partial charge in [0.25, 0.3) is 5.91 Å². The van der Waals surface area contributed by atoms with Gasteiger partial charge in [-0.3, -0.25) is 4.79 Å². The largest absolute Gasteiger partial charge is 0.508 e. The maximum absolute atomic E-state index is 12.7. The van der Waals surface area contributed by atoms with E-state index in [1.165, 1.54) is 29.2 Å². The number of nitrogens with zero attached hydrogens (tertiary/aromatic N) is 2. The summed E-state index contributed by atoms with van der Waals surface area (Å²) in [6.07, 6.45) is 0.267. The number of carbonyl (C=O) groups excluding carboxylic acids is 2. The van der Waals surface area contributed by atoms with Crippen LogP contribution < -0.4 is 10.6 Å². The fraction of sp³-hybridized carbons (Fsp3) is 0.286. The van der Waals surface area contributed by atoms with Crippen molar-refractivity contribution in [2.24, 2.45) is 0 Å². The number of benzene rings is 2. The number of aliphatic hydroxyl groups excluding tert-OH is 1. The molecule has 0 aliphatic carbocycles. The number of nitrogens with one attached hydrogen (secondary N) is 2. The Balaban J connectivity index is 1.67. The molecule has 0 aromatic heterocycles. The fourth-order valence-electron chi connectivity index (χ4n) is 3.20. The number of hydrogen-bond acceptors (Lipinski definition) is 5. The van der Waals surface area contributed by atoms with Gasteiger partial charge in [-0.1, -0.05) is 6.07 Å². The van der Waals surface area contributed by atoms with E-state index in [4.69, 9.17) is 5.26 Å². The highest BCUT2D eigenvalue weighted by molar-refractivity contribution is 5.94. The van der Waals surface area contributed by atoms with Crippen LogP contribution in [-0.4, -0.2) is 52.3 Å². The summed E-state index contributed by atoms with van der Waals surface area (Å²) in [6.45, 7) is 0.585. The molecule has 1 fully saturated rings. The summed E-state index contributed by atoms with van der Waals surface area (Å²) in [7, 11) is 0. The topological polar surface area (TPSA) is 126 Å². The van der Waals surface area contributed by atoms with Gasteiger partial charge in [0.05, 0.1) is 23.8 Å². The summed E-state index contributed by atoms with van der Waals surface area (Å²) < 4.78 is 0. The molecule has 8 nitrogen and oxygen atoms in total. The van der Waals surface area contributed by atoms with Crippen molar-refractivity contribution in [3.8, 4) is 11.8 Å². The van der Waals surface area contributed by atoms with E-state index in [1.807, 2.05) is 6.07 Å². The van der Waals surface area contributed by atoms with Crippen LogP contribution in [0.15, 0.2) is 48.5 Å². The lowest BCUT2D eigenvalue weighted by molar-refractivity contribution is 0.0811. The van der Waals surface area contributed by atoms with E-state index in [2.05, 4.69) is 10.6 Å². The zero-order valence-electron chi connectivity index (χ0n) is 15.7. The molecule has 3 amide bonds. The molecule has 150 valence electrons. The first-order valence-electron chi connectivity index (χ1n) is 9.30. The molecule has 1 saturated heterocycles. The number of phenols is 1. The molecule has 2 aromatic carbocycles. The van der Waals surface area contributed by atoms with Gasteiger partial charge in [-0.15, -0.1) is 0 Å². The Labute approximate surface area is 168 Å². The van der Waals surface area contributed by atoms with Crippen molar-refractivity contribution in [3.63, 3.8) is 0 Å². The molecule has 3 rings (SSSR count). The quantitative estimate of drug-likeness (QED) is 0.634. The van der Waals surface area contributed by atoms with E-state index in [9.17, 15) is 19.8 Å². The second kappa shape index (κ2) is 9.08. The number of amides is 3. The molecule has 2 unspecified atom stereocenters. The van der Waals surface area contributed by atoms with Crippen LogP contribution >= 0.6 is 0 Å². The van der Waals surface area contributed by atoms with Crippen molar-refractivity contribution in [2.45, 2.75) is 25.0 Å². The summed E-state index contributed by atoms with van der Waals surface area (Å²) in [5.41, 5.74) is 1.29. The number of likely N-dealkylation sites (tertiary alicyclic amines) is 1. The number of rotatable bonds is 3. The minimum atomic E-state index is -0.782. The molecular formula is C21H22N4O4. The molecule has 0 spiro atoms. The highest BCUT2D eigenvalue weighted by atomic mass is 16.3. The Morgan fingerprint density at radius 1 is 1.17 bits per heavy atom. The zero-order valence-corrected chi connectivity index (χ0v) is 15.7. The normalized spacial score (nSPS) is 19.0. The molecule has 0 saturated carbocycles. The molecule has 1 heterocycles. The average molecular weight is 394 g/mol. The molecule has 1 aliphatic rings. The number of urea groups is 1. The first kappa shape index (κ1) is 20.2. The average Bonchev–Trinajstić information content (AvgIpc) is 2.90. The van der Waals surface area contributed by atoms with Gasteiger partial charge in [0.1, 0.15) is 5.75 Å². The van der Waals surface area contributed by atoms with Crippen LogP contribution in [0.25, 0.3) is 0 Å². The molecule has 0 bridgehead atoms. The van der Waals surface area contributed by atoms with Crippen LogP contribution in [0.1, 0.15) is 28.8 Å². The van der Waals surface area contributed by atoms with Crippen molar-refractivity contribution in [1.29, 1.82) is 5.26 Å². The van der Waals surface area contributed by atoms with Crippen LogP contribution in [0.5, 0.6) is 5.75 Å². The lowest BCUT2D eigenvalue weighted by Gasteiger charge is -2.27. The third kappa shape index (κ3) is 5.24. The van der Waals surface area contributed by atoms with Gasteiger partial charge in [0.2, 0.25) is 0 Å². The molecule has 4 N–H and O–H groups in total. The summed E-state index contributed by atoms with van der Waals surface area (Å²) in [6, 6.07) is 13.4. The maximum Gasteiger partial charge on any atom is 0.321 e. The van der Waals surface area contributed by atoms with Crippen LogP contribution in [0, 0.1) is 11.3 Å². The molecule has 8 heteroatoms. The summed E-state index contributed by atoms with van der Waals surface area (Å²) in [4.78, 5) is 26.7. The van der Waals surface area contributed by atoms with Gasteiger partial charge < -0.3 is 25.7 Å². The summed E-state index contributed by atoms with van der Waals surface area (Å²) in [5, 5.41) is 34.3. The van der Waals surface area contributed by atoms with E-state index >= 15 is 0 Å². The molecule has 0 radical (unpaired) electrons. The van der Waals surface area contributed by atoms with E-state index in [1.54, 1.807) is 24.3 Å². The Bertz CT molecular complexity index is 923. The number of hydrogen-bond donors (Lipinski definition) is 4. The van der Waals surface area contributed by atoms with E-state index < -0.39 is 18.1 Å². The van der Waals surface area contributed by atoms with Crippen molar-refractivity contribution < 1.29 is 19.8 Å². The predicted octanol–water partition coefficient (Wildman–Crippen LogP) is 2.05. The van der Waals surface area contributed by atoms with E-state index in [-0.39, 0.29) is 18.3 Å². The monoisotopic (exact) mass is 394 g/mol. The molecule has 2 atom stereocenters. The Morgan fingerprint density at radius 3 is 2.66 bits per heavy atom. The summed E-state index contributed by atoms with van der Waals surface area (Å²) in [5.74, 6) is -0.336.